The van der Waals surface area contributed by atoms with Gasteiger partial charge in [-0.15, -0.1) is 0 Å². The van der Waals surface area contributed by atoms with Crippen LogP contribution in [0.5, 0.6) is 0 Å². The smallest absolute Gasteiger partial charge is 0.337 e. The Morgan fingerprint density at radius 1 is 0.920 bits per heavy atom. The molecule has 25 heavy (non-hydrogen) atoms. The van der Waals surface area contributed by atoms with Crippen LogP contribution in [0.4, 0.5) is 11.4 Å². The van der Waals surface area contributed by atoms with Crippen LogP contribution in [-0.4, -0.2) is 22.9 Å². The van der Waals surface area contributed by atoms with Gasteiger partial charge in [0.2, 0.25) is 11.8 Å². The fourth-order valence-electron chi connectivity index (χ4n) is 2.17. The van der Waals surface area contributed by atoms with Crippen molar-refractivity contribution >= 4 is 29.2 Å². The average molecular weight is 336 g/mol. The first-order chi connectivity index (χ1) is 11.9. The maximum absolute atomic E-state index is 11.6. The number of carbonyl (C=O) groups is 3. The number of hydrogen-bond acceptors (Lipinski definition) is 3. The fourth-order valence-corrected chi connectivity index (χ4v) is 2.17. The molecule has 2 aromatic carbocycles. The molecule has 0 unspecified atom stereocenters. The van der Waals surface area contributed by atoms with Crippen LogP contribution in [-0.2, 0) is 9.59 Å². The molecule has 126 valence electrons. The van der Waals surface area contributed by atoms with Crippen LogP contribution in [0, 0.1) is 11.8 Å². The topological polar surface area (TPSA) is 95.5 Å². The molecule has 0 aromatic heterocycles. The van der Waals surface area contributed by atoms with Gasteiger partial charge in [-0.25, -0.2) is 4.79 Å². The zero-order valence-corrected chi connectivity index (χ0v) is 13.7. The van der Waals surface area contributed by atoms with Crippen LogP contribution in [0.25, 0.3) is 0 Å². The second-order valence-electron chi connectivity index (χ2n) is 5.23. The molecular weight excluding hydrogens is 320 g/mol. The lowest BCUT2D eigenvalue weighted by molar-refractivity contribution is -0.115. The standard InChI is InChI=1S/C19H16N2O4/c1-12(22)20-15-10-17(19(24)25)16(18(11-15)21-13(2)23)9-8-14-6-4-3-5-7-14/h3-7,10-11H,1-2H3,(H,20,22)(H,21,23)(H,24,25). The summed E-state index contributed by atoms with van der Waals surface area (Å²) in [6.07, 6.45) is 0. The number of nitrogens with one attached hydrogen (secondary N) is 2. The van der Waals surface area contributed by atoms with Crippen molar-refractivity contribution < 1.29 is 19.5 Å². The van der Waals surface area contributed by atoms with Crippen LogP contribution in [0.2, 0.25) is 0 Å². The van der Waals surface area contributed by atoms with E-state index in [-0.39, 0.29) is 34.3 Å². The van der Waals surface area contributed by atoms with Gasteiger partial charge < -0.3 is 15.7 Å². The second kappa shape index (κ2) is 7.79. The van der Waals surface area contributed by atoms with Gasteiger partial charge in [-0.3, -0.25) is 9.59 Å². The summed E-state index contributed by atoms with van der Waals surface area (Å²) in [4.78, 5) is 34.3. The Morgan fingerprint density at radius 2 is 1.56 bits per heavy atom. The lowest BCUT2D eigenvalue weighted by Gasteiger charge is -2.12. The minimum atomic E-state index is -1.21. The molecule has 2 rings (SSSR count). The van der Waals surface area contributed by atoms with E-state index < -0.39 is 5.97 Å². The third kappa shape index (κ3) is 4.94. The molecule has 0 saturated heterocycles. The van der Waals surface area contributed by atoms with Crippen molar-refractivity contribution in [2.45, 2.75) is 13.8 Å². The van der Waals surface area contributed by atoms with Crippen molar-refractivity contribution in [1.29, 1.82) is 0 Å². The zero-order valence-electron chi connectivity index (χ0n) is 13.7. The van der Waals surface area contributed by atoms with Gasteiger partial charge in [-0.05, 0) is 24.3 Å². The first-order valence-corrected chi connectivity index (χ1v) is 7.40. The number of carboxylic acids is 1. The highest BCUT2D eigenvalue weighted by molar-refractivity contribution is 6.00. The van der Waals surface area contributed by atoms with Gasteiger partial charge in [0.25, 0.3) is 0 Å². The maximum atomic E-state index is 11.6. The van der Waals surface area contributed by atoms with E-state index in [9.17, 15) is 19.5 Å². The van der Waals surface area contributed by atoms with E-state index in [0.29, 0.717) is 5.56 Å². The number of hydrogen-bond donors (Lipinski definition) is 3. The number of aromatic carboxylic acids is 1. The minimum Gasteiger partial charge on any atom is -0.478 e. The van der Waals surface area contributed by atoms with Gasteiger partial charge in [0.05, 0.1) is 16.8 Å². The predicted octanol–water partition coefficient (Wildman–Crippen LogP) is 2.70. The van der Waals surface area contributed by atoms with Crippen LogP contribution >= 0.6 is 0 Å². The quantitative estimate of drug-likeness (QED) is 0.751. The number of anilines is 2. The summed E-state index contributed by atoms with van der Waals surface area (Å²) in [5.74, 6) is 3.74. The van der Waals surface area contributed by atoms with Crippen molar-refractivity contribution in [3.8, 4) is 11.8 Å². The van der Waals surface area contributed by atoms with Crippen molar-refractivity contribution in [3.05, 3.63) is 59.2 Å². The van der Waals surface area contributed by atoms with Gasteiger partial charge in [0.1, 0.15) is 0 Å². The summed E-state index contributed by atoms with van der Waals surface area (Å²) in [7, 11) is 0. The molecule has 0 radical (unpaired) electrons. The monoisotopic (exact) mass is 336 g/mol. The maximum Gasteiger partial charge on any atom is 0.337 e. The average Bonchev–Trinajstić information content (AvgIpc) is 2.53. The molecule has 0 spiro atoms. The molecule has 0 aliphatic carbocycles. The Labute approximate surface area is 144 Å². The first kappa shape index (κ1) is 17.8. The molecule has 6 nitrogen and oxygen atoms in total. The SMILES string of the molecule is CC(=O)Nc1cc(NC(C)=O)c(C#Cc2ccccc2)c(C(=O)O)c1. The minimum absolute atomic E-state index is 0.113. The largest absolute Gasteiger partial charge is 0.478 e. The van der Waals surface area contributed by atoms with Crippen LogP contribution in [0.3, 0.4) is 0 Å². The highest BCUT2D eigenvalue weighted by Gasteiger charge is 2.16. The molecule has 0 aliphatic heterocycles. The van der Waals surface area contributed by atoms with Gasteiger partial charge in [0.15, 0.2) is 0 Å². The van der Waals surface area contributed by atoms with Gasteiger partial charge in [-0.2, -0.15) is 0 Å². The normalized spacial score (nSPS) is 9.52. The molecule has 3 N–H and O–H groups in total. The van der Waals surface area contributed by atoms with E-state index in [1.807, 2.05) is 18.2 Å². The lowest BCUT2D eigenvalue weighted by atomic mass is 10.0. The van der Waals surface area contributed by atoms with Gasteiger partial charge in [-0.1, -0.05) is 30.0 Å². The van der Waals surface area contributed by atoms with E-state index in [0.717, 1.165) is 0 Å². The summed E-state index contributed by atoms with van der Waals surface area (Å²) in [5.41, 5.74) is 1.25. The first-order valence-electron chi connectivity index (χ1n) is 7.40. The van der Waals surface area contributed by atoms with Crippen molar-refractivity contribution in [2.75, 3.05) is 10.6 Å². The summed E-state index contributed by atoms with van der Waals surface area (Å²) >= 11 is 0. The highest BCUT2D eigenvalue weighted by atomic mass is 16.4. The van der Waals surface area contributed by atoms with Crippen LogP contribution in [0.15, 0.2) is 42.5 Å². The molecule has 0 heterocycles. The van der Waals surface area contributed by atoms with Crippen molar-refractivity contribution in [2.24, 2.45) is 0 Å². The second-order valence-corrected chi connectivity index (χ2v) is 5.23. The molecule has 2 amide bonds. The lowest BCUT2D eigenvalue weighted by Crippen LogP contribution is -2.13. The zero-order chi connectivity index (χ0) is 18.4. The Balaban J connectivity index is 2.62. The predicted molar refractivity (Wildman–Crippen MR) is 94.4 cm³/mol. The van der Waals surface area contributed by atoms with Gasteiger partial charge >= 0.3 is 5.97 Å². The molecule has 0 aliphatic rings. The van der Waals surface area contributed by atoms with E-state index in [2.05, 4.69) is 22.5 Å². The molecule has 6 heteroatoms. The molecular formula is C19H16N2O4. The van der Waals surface area contributed by atoms with Crippen molar-refractivity contribution in [3.63, 3.8) is 0 Å². The number of carbonyl (C=O) groups excluding carboxylic acids is 2. The van der Waals surface area contributed by atoms with Crippen LogP contribution in [0.1, 0.15) is 35.3 Å². The van der Waals surface area contributed by atoms with Gasteiger partial charge in [0, 0.05) is 25.1 Å². The van der Waals surface area contributed by atoms with E-state index in [4.69, 9.17) is 0 Å². The van der Waals surface area contributed by atoms with E-state index in [1.165, 1.54) is 26.0 Å². The Bertz CT molecular complexity index is 893. The molecule has 0 fully saturated rings. The Morgan fingerprint density at radius 3 is 2.12 bits per heavy atom. The third-order valence-electron chi connectivity index (χ3n) is 3.11. The van der Waals surface area contributed by atoms with E-state index >= 15 is 0 Å². The molecule has 0 atom stereocenters. The fraction of sp³-hybridized carbons (Fsp3) is 0.105. The number of amides is 2. The molecule has 2 aromatic rings. The number of rotatable bonds is 3. The Kier molecular flexibility index (Phi) is 5.54. The van der Waals surface area contributed by atoms with E-state index in [1.54, 1.807) is 12.1 Å². The Hall–Kier alpha value is -3.59. The van der Waals surface area contributed by atoms with Crippen molar-refractivity contribution in [1.82, 2.24) is 0 Å². The summed E-state index contributed by atoms with van der Waals surface area (Å²) < 4.78 is 0. The highest BCUT2D eigenvalue weighted by Crippen LogP contribution is 2.25. The molecule has 0 saturated carbocycles. The number of carboxylic acid groups (broad SMARTS) is 1. The molecule has 0 bridgehead atoms. The summed E-state index contributed by atoms with van der Waals surface area (Å²) in [5, 5.41) is 14.6. The number of benzene rings is 2. The summed E-state index contributed by atoms with van der Waals surface area (Å²) in [6, 6.07) is 11.8. The third-order valence-corrected chi connectivity index (χ3v) is 3.11. The van der Waals surface area contributed by atoms with Crippen LogP contribution < -0.4 is 10.6 Å². The summed E-state index contributed by atoms with van der Waals surface area (Å²) in [6.45, 7) is 2.61.